The highest BCUT2D eigenvalue weighted by molar-refractivity contribution is 5.69. The largest absolute Gasteiger partial charge is 0.469 e. The van der Waals surface area contributed by atoms with Crippen molar-refractivity contribution in [1.29, 1.82) is 0 Å². The molecule has 0 unspecified atom stereocenters. The Morgan fingerprint density at radius 3 is 2.69 bits per heavy atom. The fraction of sp³-hybridized carbons (Fsp3) is 0.889. The number of ether oxygens (including phenoxy) is 1. The van der Waals surface area contributed by atoms with Crippen molar-refractivity contribution in [3.63, 3.8) is 0 Å². The monoisotopic (exact) mass is 187 g/mol. The van der Waals surface area contributed by atoms with Crippen molar-refractivity contribution in [2.24, 2.45) is 0 Å². The molecule has 0 spiro atoms. The molecule has 0 aliphatic heterocycles. The summed E-state index contributed by atoms with van der Waals surface area (Å²) >= 11 is 0. The van der Waals surface area contributed by atoms with Crippen LogP contribution in [-0.4, -0.2) is 36.9 Å². The molecule has 0 bridgehead atoms. The quantitative estimate of drug-likeness (QED) is 0.597. The summed E-state index contributed by atoms with van der Waals surface area (Å²) in [7, 11) is 1.38. The molecule has 1 aliphatic rings. The van der Waals surface area contributed by atoms with Gasteiger partial charge in [-0.25, -0.2) is 0 Å². The standard InChI is InChI=1S/C9H17NO3/c1-13-8(12)3-6-10-9(7-11)4-2-5-9/h10-11H,2-7H2,1H3. The number of hydrogen-bond acceptors (Lipinski definition) is 4. The summed E-state index contributed by atoms with van der Waals surface area (Å²) in [6.45, 7) is 0.751. The first-order chi connectivity index (χ1) is 6.22. The first kappa shape index (κ1) is 10.5. The minimum absolute atomic E-state index is 0.103. The molecule has 13 heavy (non-hydrogen) atoms. The number of aliphatic hydroxyl groups is 1. The van der Waals surface area contributed by atoms with E-state index in [4.69, 9.17) is 5.11 Å². The molecule has 1 aliphatic carbocycles. The van der Waals surface area contributed by atoms with Gasteiger partial charge >= 0.3 is 5.97 Å². The molecule has 1 fully saturated rings. The van der Waals surface area contributed by atoms with Crippen LogP contribution in [-0.2, 0) is 9.53 Å². The number of methoxy groups -OCH3 is 1. The fourth-order valence-corrected chi connectivity index (χ4v) is 1.53. The number of esters is 1. The normalized spacial score (nSPS) is 19.2. The SMILES string of the molecule is COC(=O)CCNC1(CO)CCC1. The van der Waals surface area contributed by atoms with Crippen molar-refractivity contribution >= 4 is 5.97 Å². The van der Waals surface area contributed by atoms with E-state index in [2.05, 4.69) is 10.1 Å². The number of carbonyl (C=O) groups excluding carboxylic acids is 1. The van der Waals surface area contributed by atoms with E-state index in [0.717, 1.165) is 19.3 Å². The lowest BCUT2D eigenvalue weighted by atomic mass is 9.77. The molecule has 0 aromatic rings. The van der Waals surface area contributed by atoms with Crippen LogP contribution >= 0.6 is 0 Å². The third-order valence-electron chi connectivity index (χ3n) is 2.67. The predicted octanol–water partition coefficient (Wildman–Crippen LogP) is 0.0541. The summed E-state index contributed by atoms with van der Waals surface area (Å²) in [5.74, 6) is -0.208. The minimum atomic E-state index is -0.208. The second-order valence-corrected chi connectivity index (χ2v) is 3.54. The number of carbonyl (C=O) groups is 1. The van der Waals surface area contributed by atoms with Gasteiger partial charge in [-0.3, -0.25) is 4.79 Å². The average molecular weight is 187 g/mol. The van der Waals surface area contributed by atoms with Gasteiger partial charge in [0.2, 0.25) is 0 Å². The van der Waals surface area contributed by atoms with Crippen LogP contribution in [0, 0.1) is 0 Å². The van der Waals surface area contributed by atoms with Gasteiger partial charge in [0.15, 0.2) is 0 Å². The molecular weight excluding hydrogens is 170 g/mol. The van der Waals surface area contributed by atoms with Crippen LogP contribution in [0.15, 0.2) is 0 Å². The van der Waals surface area contributed by atoms with Crippen LogP contribution in [0.3, 0.4) is 0 Å². The molecule has 0 heterocycles. The van der Waals surface area contributed by atoms with Gasteiger partial charge in [0.25, 0.3) is 0 Å². The van der Waals surface area contributed by atoms with Crippen LogP contribution in [0.1, 0.15) is 25.7 Å². The maximum Gasteiger partial charge on any atom is 0.306 e. The molecule has 76 valence electrons. The lowest BCUT2D eigenvalue weighted by molar-refractivity contribution is -0.140. The second kappa shape index (κ2) is 4.58. The van der Waals surface area contributed by atoms with E-state index in [1.54, 1.807) is 0 Å². The van der Waals surface area contributed by atoms with Crippen LogP contribution in [0.4, 0.5) is 0 Å². The topological polar surface area (TPSA) is 58.6 Å². The van der Waals surface area contributed by atoms with Crippen molar-refractivity contribution in [3.05, 3.63) is 0 Å². The third kappa shape index (κ3) is 2.67. The van der Waals surface area contributed by atoms with E-state index >= 15 is 0 Å². The highest BCUT2D eigenvalue weighted by Gasteiger charge is 2.35. The summed E-state index contributed by atoms with van der Waals surface area (Å²) in [5, 5.41) is 12.3. The molecule has 1 rings (SSSR count). The zero-order valence-electron chi connectivity index (χ0n) is 8.01. The zero-order valence-corrected chi connectivity index (χ0v) is 8.01. The van der Waals surface area contributed by atoms with Gasteiger partial charge in [0.1, 0.15) is 0 Å². The lowest BCUT2D eigenvalue weighted by Gasteiger charge is -2.41. The van der Waals surface area contributed by atoms with Gasteiger partial charge in [-0.05, 0) is 19.3 Å². The number of aliphatic hydroxyl groups excluding tert-OH is 1. The van der Waals surface area contributed by atoms with Crippen LogP contribution in [0.25, 0.3) is 0 Å². The number of rotatable bonds is 5. The number of nitrogens with one attached hydrogen (secondary N) is 1. The van der Waals surface area contributed by atoms with Gasteiger partial charge in [0.05, 0.1) is 20.1 Å². The van der Waals surface area contributed by atoms with E-state index < -0.39 is 0 Å². The summed E-state index contributed by atoms with van der Waals surface area (Å²) in [5.41, 5.74) is -0.103. The van der Waals surface area contributed by atoms with E-state index in [0.29, 0.717) is 13.0 Å². The lowest BCUT2D eigenvalue weighted by Crippen LogP contribution is -2.54. The summed E-state index contributed by atoms with van der Waals surface area (Å²) < 4.78 is 4.51. The molecule has 4 nitrogen and oxygen atoms in total. The fourth-order valence-electron chi connectivity index (χ4n) is 1.53. The summed E-state index contributed by atoms with van der Waals surface area (Å²) in [6, 6.07) is 0. The molecule has 0 amide bonds. The average Bonchev–Trinajstić information content (AvgIpc) is 2.09. The highest BCUT2D eigenvalue weighted by Crippen LogP contribution is 2.30. The molecule has 1 saturated carbocycles. The molecule has 4 heteroatoms. The zero-order chi connectivity index (χ0) is 9.73. The van der Waals surface area contributed by atoms with Crippen LogP contribution in [0.2, 0.25) is 0 Å². The predicted molar refractivity (Wildman–Crippen MR) is 48.3 cm³/mol. The van der Waals surface area contributed by atoms with E-state index in [-0.39, 0.29) is 18.1 Å². The Labute approximate surface area is 78.3 Å². The number of hydrogen-bond donors (Lipinski definition) is 2. The molecular formula is C9H17NO3. The molecule has 0 saturated heterocycles. The van der Waals surface area contributed by atoms with E-state index in [1.807, 2.05) is 0 Å². The molecule has 0 radical (unpaired) electrons. The van der Waals surface area contributed by atoms with Crippen molar-refractivity contribution < 1.29 is 14.6 Å². The molecule has 0 aromatic heterocycles. The van der Waals surface area contributed by atoms with Gasteiger partial charge in [-0.2, -0.15) is 0 Å². The second-order valence-electron chi connectivity index (χ2n) is 3.54. The molecule has 0 atom stereocenters. The summed E-state index contributed by atoms with van der Waals surface area (Å²) in [4.78, 5) is 10.8. The maximum atomic E-state index is 10.8. The van der Waals surface area contributed by atoms with Gasteiger partial charge in [-0.1, -0.05) is 0 Å². The van der Waals surface area contributed by atoms with Gasteiger partial charge < -0.3 is 15.2 Å². The molecule has 2 N–H and O–H groups in total. The van der Waals surface area contributed by atoms with Crippen LogP contribution < -0.4 is 5.32 Å². The van der Waals surface area contributed by atoms with E-state index in [9.17, 15) is 4.79 Å². The maximum absolute atomic E-state index is 10.8. The Kier molecular flexibility index (Phi) is 3.69. The first-order valence-electron chi connectivity index (χ1n) is 4.65. The Morgan fingerprint density at radius 2 is 2.31 bits per heavy atom. The Balaban J connectivity index is 2.14. The van der Waals surface area contributed by atoms with Crippen molar-refractivity contribution in [1.82, 2.24) is 5.32 Å². The minimum Gasteiger partial charge on any atom is -0.469 e. The Hall–Kier alpha value is -0.610. The van der Waals surface area contributed by atoms with Crippen LogP contribution in [0.5, 0.6) is 0 Å². The Bertz CT molecular complexity index is 172. The van der Waals surface area contributed by atoms with Crippen molar-refractivity contribution in [3.8, 4) is 0 Å². The van der Waals surface area contributed by atoms with Crippen molar-refractivity contribution in [2.75, 3.05) is 20.3 Å². The van der Waals surface area contributed by atoms with Crippen molar-refractivity contribution in [2.45, 2.75) is 31.2 Å². The smallest absolute Gasteiger partial charge is 0.306 e. The molecule has 0 aromatic carbocycles. The van der Waals surface area contributed by atoms with Gasteiger partial charge in [0, 0.05) is 12.1 Å². The van der Waals surface area contributed by atoms with E-state index in [1.165, 1.54) is 7.11 Å². The first-order valence-corrected chi connectivity index (χ1v) is 4.65. The highest BCUT2D eigenvalue weighted by atomic mass is 16.5. The Morgan fingerprint density at radius 1 is 1.62 bits per heavy atom. The third-order valence-corrected chi connectivity index (χ3v) is 2.67. The summed E-state index contributed by atoms with van der Waals surface area (Å²) in [6.07, 6.45) is 3.54. The van der Waals surface area contributed by atoms with Gasteiger partial charge in [-0.15, -0.1) is 0 Å².